The van der Waals surface area contributed by atoms with Crippen LogP contribution in [0.1, 0.15) is 29.7 Å². The van der Waals surface area contributed by atoms with E-state index < -0.39 is 0 Å². The first-order valence-corrected chi connectivity index (χ1v) is 11.8. The predicted molar refractivity (Wildman–Crippen MR) is 137 cm³/mol. The van der Waals surface area contributed by atoms with E-state index in [1.54, 1.807) is 6.07 Å². The molecule has 5 aromatic rings. The van der Waals surface area contributed by atoms with Crippen LogP contribution in [0.3, 0.4) is 0 Å². The highest BCUT2D eigenvalue weighted by Crippen LogP contribution is 2.41. The number of hydrogen-bond acceptors (Lipinski definition) is 1. The van der Waals surface area contributed by atoms with Crippen LogP contribution >= 0.6 is 0 Å². The van der Waals surface area contributed by atoms with Crippen molar-refractivity contribution in [3.63, 3.8) is 0 Å². The lowest BCUT2D eigenvalue weighted by Crippen LogP contribution is -2.01. The van der Waals surface area contributed by atoms with Gasteiger partial charge in [-0.15, -0.1) is 0 Å². The highest BCUT2D eigenvalue weighted by atomic mass is 16.3. The smallest absolute Gasteiger partial charge is 0.116 e. The standard InChI is InChI=1S/C31H27NO/c1-21-27-14-5-6-15-28(27)31(25-13-7-12-24(19-25)22-9-3-2-4-10-22)32(21)30-16-8-11-23-17-18-26(33)20-29(23)30/h2-4,7-13,16-20,33H,5-6,14-15H2,1H3. The van der Waals surface area contributed by atoms with Gasteiger partial charge in [0, 0.05) is 11.1 Å². The summed E-state index contributed by atoms with van der Waals surface area (Å²) in [6.45, 7) is 2.26. The van der Waals surface area contributed by atoms with Crippen molar-refractivity contribution in [1.82, 2.24) is 4.57 Å². The van der Waals surface area contributed by atoms with Gasteiger partial charge in [0.05, 0.1) is 11.4 Å². The fourth-order valence-electron chi connectivity index (χ4n) is 5.52. The topological polar surface area (TPSA) is 25.2 Å². The van der Waals surface area contributed by atoms with Gasteiger partial charge in [-0.3, -0.25) is 0 Å². The molecule has 2 nitrogen and oxygen atoms in total. The van der Waals surface area contributed by atoms with Crippen LogP contribution in [0.5, 0.6) is 5.75 Å². The third kappa shape index (κ3) is 3.34. The van der Waals surface area contributed by atoms with Crippen LogP contribution in [0.15, 0.2) is 91.0 Å². The molecule has 4 aromatic carbocycles. The molecule has 1 aromatic heterocycles. The number of nitrogens with zero attached hydrogens (tertiary/aromatic N) is 1. The van der Waals surface area contributed by atoms with E-state index >= 15 is 0 Å². The van der Waals surface area contributed by atoms with Gasteiger partial charge in [-0.05, 0) is 90.1 Å². The first-order valence-electron chi connectivity index (χ1n) is 11.8. The second-order valence-electron chi connectivity index (χ2n) is 9.06. The Morgan fingerprint density at radius 2 is 1.39 bits per heavy atom. The summed E-state index contributed by atoms with van der Waals surface area (Å²) in [5.41, 5.74) is 10.5. The predicted octanol–water partition coefficient (Wildman–Crippen LogP) is 7.86. The van der Waals surface area contributed by atoms with Gasteiger partial charge in [-0.2, -0.15) is 0 Å². The van der Waals surface area contributed by atoms with Gasteiger partial charge in [0.2, 0.25) is 0 Å². The van der Waals surface area contributed by atoms with Crippen molar-refractivity contribution in [2.45, 2.75) is 32.6 Å². The zero-order chi connectivity index (χ0) is 22.4. The van der Waals surface area contributed by atoms with E-state index in [2.05, 4.69) is 84.3 Å². The Morgan fingerprint density at radius 1 is 0.667 bits per heavy atom. The third-order valence-electron chi connectivity index (χ3n) is 7.08. The summed E-state index contributed by atoms with van der Waals surface area (Å²) in [6.07, 6.45) is 4.73. The monoisotopic (exact) mass is 429 g/mol. The molecular formula is C31H27NO. The molecule has 2 heteroatoms. The quantitative estimate of drug-likeness (QED) is 0.310. The summed E-state index contributed by atoms with van der Waals surface area (Å²) < 4.78 is 2.45. The molecule has 1 aliphatic carbocycles. The van der Waals surface area contributed by atoms with Crippen molar-refractivity contribution < 1.29 is 5.11 Å². The average Bonchev–Trinajstić information content (AvgIpc) is 3.16. The zero-order valence-electron chi connectivity index (χ0n) is 18.9. The average molecular weight is 430 g/mol. The Balaban J connectivity index is 1.65. The van der Waals surface area contributed by atoms with Gasteiger partial charge in [0.25, 0.3) is 0 Å². The molecule has 1 aliphatic rings. The lowest BCUT2D eigenvalue weighted by molar-refractivity contribution is 0.476. The first-order chi connectivity index (χ1) is 16.2. The van der Waals surface area contributed by atoms with Gasteiger partial charge >= 0.3 is 0 Å². The van der Waals surface area contributed by atoms with Crippen LogP contribution in [0.2, 0.25) is 0 Å². The molecule has 0 radical (unpaired) electrons. The lowest BCUT2D eigenvalue weighted by atomic mass is 9.90. The number of aromatic nitrogens is 1. The molecule has 0 fully saturated rings. The van der Waals surface area contributed by atoms with Gasteiger partial charge in [0.1, 0.15) is 5.75 Å². The number of phenols is 1. The summed E-state index contributed by atoms with van der Waals surface area (Å²) >= 11 is 0. The number of aromatic hydroxyl groups is 1. The van der Waals surface area contributed by atoms with Crippen LogP contribution in [0, 0.1) is 6.92 Å². The minimum atomic E-state index is 0.303. The van der Waals surface area contributed by atoms with Crippen molar-refractivity contribution in [2.75, 3.05) is 0 Å². The van der Waals surface area contributed by atoms with E-state index in [-0.39, 0.29) is 0 Å². The number of rotatable bonds is 3. The molecule has 1 N–H and O–H groups in total. The van der Waals surface area contributed by atoms with E-state index in [1.807, 2.05) is 12.1 Å². The van der Waals surface area contributed by atoms with Crippen molar-refractivity contribution >= 4 is 10.8 Å². The Kier molecular flexibility index (Phi) is 4.80. The molecule has 1 heterocycles. The molecule has 0 amide bonds. The SMILES string of the molecule is Cc1c2c(c(-c3cccc(-c4ccccc4)c3)n1-c1cccc3ccc(O)cc13)CCCC2. The minimum Gasteiger partial charge on any atom is -0.508 e. The van der Waals surface area contributed by atoms with E-state index in [1.165, 1.54) is 52.0 Å². The zero-order valence-corrected chi connectivity index (χ0v) is 18.9. The van der Waals surface area contributed by atoms with E-state index in [0.29, 0.717) is 5.75 Å². The maximum atomic E-state index is 10.3. The van der Waals surface area contributed by atoms with Gasteiger partial charge in [0.15, 0.2) is 0 Å². The number of fused-ring (bicyclic) bond motifs is 2. The third-order valence-corrected chi connectivity index (χ3v) is 7.08. The van der Waals surface area contributed by atoms with E-state index in [0.717, 1.165) is 29.3 Å². The Bertz CT molecular complexity index is 1480. The lowest BCUT2D eigenvalue weighted by Gasteiger charge is -2.17. The molecular weight excluding hydrogens is 402 g/mol. The molecule has 0 aliphatic heterocycles. The summed E-state index contributed by atoms with van der Waals surface area (Å²) in [5.74, 6) is 0.303. The van der Waals surface area contributed by atoms with Crippen LogP contribution < -0.4 is 0 Å². The van der Waals surface area contributed by atoms with E-state index in [9.17, 15) is 5.11 Å². The van der Waals surface area contributed by atoms with Crippen LogP contribution in [0.4, 0.5) is 0 Å². The number of benzene rings is 4. The molecule has 6 rings (SSSR count). The fraction of sp³-hybridized carbons (Fsp3) is 0.161. The van der Waals surface area contributed by atoms with Crippen molar-refractivity contribution in [3.8, 4) is 33.8 Å². The normalized spacial score (nSPS) is 13.2. The minimum absolute atomic E-state index is 0.303. The summed E-state index contributed by atoms with van der Waals surface area (Å²) in [7, 11) is 0. The van der Waals surface area contributed by atoms with Gasteiger partial charge in [-0.1, -0.05) is 66.7 Å². The van der Waals surface area contributed by atoms with Crippen LogP contribution in [-0.4, -0.2) is 9.67 Å². The van der Waals surface area contributed by atoms with Gasteiger partial charge in [-0.25, -0.2) is 0 Å². The van der Waals surface area contributed by atoms with Gasteiger partial charge < -0.3 is 9.67 Å². The Morgan fingerprint density at radius 3 is 2.24 bits per heavy atom. The van der Waals surface area contributed by atoms with Crippen molar-refractivity contribution in [3.05, 3.63) is 108 Å². The number of phenolic OH excluding ortho intramolecular Hbond substituents is 1. The van der Waals surface area contributed by atoms with Crippen LogP contribution in [0.25, 0.3) is 38.8 Å². The first kappa shape index (κ1) is 19.9. The Hall–Kier alpha value is -3.78. The van der Waals surface area contributed by atoms with Crippen molar-refractivity contribution in [2.24, 2.45) is 0 Å². The molecule has 33 heavy (non-hydrogen) atoms. The molecule has 162 valence electrons. The summed E-state index contributed by atoms with van der Waals surface area (Å²) in [6, 6.07) is 31.6. The summed E-state index contributed by atoms with van der Waals surface area (Å²) in [4.78, 5) is 0. The molecule has 0 unspecified atom stereocenters. The maximum Gasteiger partial charge on any atom is 0.116 e. The molecule has 0 atom stereocenters. The highest BCUT2D eigenvalue weighted by molar-refractivity contribution is 5.93. The molecule has 0 spiro atoms. The van der Waals surface area contributed by atoms with E-state index in [4.69, 9.17) is 0 Å². The summed E-state index contributed by atoms with van der Waals surface area (Å²) in [5, 5.41) is 12.5. The Labute approximate surface area is 194 Å². The maximum absolute atomic E-state index is 10.3. The fourth-order valence-corrected chi connectivity index (χ4v) is 5.52. The van der Waals surface area contributed by atoms with Crippen LogP contribution in [-0.2, 0) is 12.8 Å². The highest BCUT2D eigenvalue weighted by Gasteiger charge is 2.25. The number of hydrogen-bond donors (Lipinski definition) is 1. The second kappa shape index (κ2) is 7.97. The molecule has 0 saturated carbocycles. The molecule has 0 bridgehead atoms. The second-order valence-corrected chi connectivity index (χ2v) is 9.06. The van der Waals surface area contributed by atoms with Crippen molar-refractivity contribution in [1.29, 1.82) is 0 Å². The molecule has 0 saturated heterocycles. The largest absolute Gasteiger partial charge is 0.508 e.